The number of fused-ring (bicyclic) bond motifs is 2. The molecule has 1 aliphatic heterocycles. The molecule has 7 amide bonds. The first-order valence-electron chi connectivity index (χ1n) is 21.5. The van der Waals surface area contributed by atoms with Gasteiger partial charge in [-0.3, -0.25) is 33.6 Å². The highest BCUT2D eigenvalue weighted by Crippen LogP contribution is 2.21. The Hall–Kier alpha value is -6.21. The second kappa shape index (κ2) is 23.5. The van der Waals surface area contributed by atoms with Crippen LogP contribution in [0.25, 0.3) is 21.9 Å². The van der Waals surface area contributed by atoms with Crippen LogP contribution < -0.4 is 43.7 Å². The van der Waals surface area contributed by atoms with Crippen molar-refractivity contribution in [1.29, 1.82) is 0 Å². The number of para-hydroxylation sites is 2. The summed E-state index contributed by atoms with van der Waals surface area (Å²) in [6, 6.07) is 11.0. The van der Waals surface area contributed by atoms with E-state index in [0.717, 1.165) is 16.5 Å². The van der Waals surface area contributed by atoms with Gasteiger partial charge >= 0.3 is 5.63 Å². The van der Waals surface area contributed by atoms with Crippen molar-refractivity contribution >= 4 is 75.0 Å². The van der Waals surface area contributed by atoms with E-state index in [1.54, 1.807) is 30.5 Å². The summed E-state index contributed by atoms with van der Waals surface area (Å²) in [7, 11) is 0. The molecule has 344 valence electrons. The quantitative estimate of drug-likeness (QED) is 0.0391. The molecule has 19 heteroatoms. The molecular formula is C45H59N9O9S. The molecule has 1 fully saturated rings. The molecule has 0 bridgehead atoms. The summed E-state index contributed by atoms with van der Waals surface area (Å²) < 4.78 is 5.24. The van der Waals surface area contributed by atoms with Gasteiger partial charge in [0.15, 0.2) is 0 Å². The maximum absolute atomic E-state index is 13.7. The van der Waals surface area contributed by atoms with Gasteiger partial charge in [0.05, 0.1) is 12.6 Å². The molecule has 4 aromatic rings. The molecule has 1 saturated heterocycles. The molecule has 0 saturated carbocycles. The number of nitrogens with zero attached hydrogens (tertiary/aromatic N) is 1. The van der Waals surface area contributed by atoms with Crippen LogP contribution in [-0.2, 0) is 35.2 Å². The minimum atomic E-state index is -1.06. The Bertz CT molecular complexity index is 2370. The predicted molar refractivity (Wildman–Crippen MR) is 244 cm³/mol. The fraction of sp³-hybridized carbons (Fsp3) is 0.467. The van der Waals surface area contributed by atoms with Gasteiger partial charge in [-0.15, -0.1) is 0 Å². The lowest BCUT2D eigenvalue weighted by atomic mass is 10.0. The average Bonchev–Trinajstić information content (AvgIpc) is 3.93. The Morgan fingerprint density at radius 1 is 0.906 bits per heavy atom. The van der Waals surface area contributed by atoms with Crippen molar-refractivity contribution in [1.82, 2.24) is 36.5 Å². The van der Waals surface area contributed by atoms with Crippen molar-refractivity contribution in [2.75, 3.05) is 31.6 Å². The number of primary amides is 1. The van der Waals surface area contributed by atoms with Gasteiger partial charge in [0, 0.05) is 42.0 Å². The Labute approximate surface area is 375 Å². The Kier molecular flexibility index (Phi) is 17.9. The zero-order chi connectivity index (χ0) is 46.3. The molecule has 0 spiro atoms. The molecule has 0 radical (unpaired) electrons. The molecule has 18 nitrogen and oxygen atoms in total. The van der Waals surface area contributed by atoms with Crippen LogP contribution in [0.5, 0.6) is 0 Å². The van der Waals surface area contributed by atoms with Crippen LogP contribution in [0.15, 0.2) is 70.0 Å². The van der Waals surface area contributed by atoms with Gasteiger partial charge in [0.2, 0.25) is 35.4 Å². The van der Waals surface area contributed by atoms with Crippen LogP contribution >= 0.6 is 11.8 Å². The van der Waals surface area contributed by atoms with E-state index in [9.17, 15) is 38.4 Å². The molecule has 5 atom stereocenters. The molecule has 2 aromatic carbocycles. The number of carbonyl (C=O) groups excluding carboxylic acids is 7. The fourth-order valence-electron chi connectivity index (χ4n) is 7.67. The standard InChI is InChI=1S/C45H59N9O9S/c1-26(2)21-35(42(59)52-33(17-20-64-3)41(58)53-34(39(47)56)23-28-24-49-32-14-6-5-12-29(28)32)51-38(55)25-50-43(60)36-15-10-19-54(36)44(61)31(46)13-8-9-18-48-40(57)30-22-27-11-4-7-16-37(27)63-45(30)62/h4-7,11-12,14,16,22,24,26,31,33-36,49H,8-10,13,15,17-21,23,25,46H2,1-3H3,(H2,47,56)(H,48,57)(H,50,60)(H,51,55)(H,52,59)(H,53,58)/t31-,33-,34-,35-,36-/m0/s1. The SMILES string of the molecule is CSCC[C@H](NC(=O)[C@H](CC(C)C)NC(=O)CNC(=O)[C@@H]1CCCN1C(=O)[C@@H](N)CCCCNC(=O)c1cc2ccccc2oc1=O)C(=O)N[C@@H](Cc1c[nH]c2ccccc12)C(N)=O. The summed E-state index contributed by atoms with van der Waals surface area (Å²) in [4.78, 5) is 109. The number of benzene rings is 2. The number of hydrogen-bond donors (Lipinski definition) is 8. The highest BCUT2D eigenvalue weighted by molar-refractivity contribution is 7.98. The number of aromatic amines is 1. The van der Waals surface area contributed by atoms with E-state index < -0.39 is 83.7 Å². The van der Waals surface area contributed by atoms with E-state index in [-0.39, 0.29) is 43.7 Å². The number of likely N-dealkylation sites (tertiary alicyclic amines) is 1. The first-order chi connectivity index (χ1) is 30.7. The molecule has 3 heterocycles. The van der Waals surface area contributed by atoms with Gasteiger partial charge in [0.25, 0.3) is 5.91 Å². The lowest BCUT2D eigenvalue weighted by Gasteiger charge is -2.27. The third kappa shape index (κ3) is 13.4. The molecule has 10 N–H and O–H groups in total. The number of H-pyrrole nitrogens is 1. The molecule has 0 unspecified atom stereocenters. The average molecular weight is 902 g/mol. The minimum absolute atomic E-state index is 0.0423. The maximum Gasteiger partial charge on any atom is 0.349 e. The third-order valence-corrected chi connectivity index (χ3v) is 11.7. The molecule has 2 aromatic heterocycles. The second-order valence-corrected chi connectivity index (χ2v) is 17.4. The third-order valence-electron chi connectivity index (χ3n) is 11.1. The Balaban J connectivity index is 1.08. The monoisotopic (exact) mass is 901 g/mol. The lowest BCUT2D eigenvalue weighted by molar-refractivity contribution is -0.140. The van der Waals surface area contributed by atoms with Gasteiger partial charge < -0.3 is 52.4 Å². The van der Waals surface area contributed by atoms with Crippen LogP contribution in [0, 0.1) is 5.92 Å². The summed E-state index contributed by atoms with van der Waals surface area (Å²) in [5.41, 5.74) is 13.2. The number of thioether (sulfide) groups is 1. The number of rotatable bonds is 23. The summed E-state index contributed by atoms with van der Waals surface area (Å²) in [5, 5.41) is 15.0. The van der Waals surface area contributed by atoms with E-state index in [0.29, 0.717) is 49.0 Å². The molecule has 1 aliphatic rings. The van der Waals surface area contributed by atoms with Crippen LogP contribution in [-0.4, -0.2) is 113 Å². The number of nitrogens with two attached hydrogens (primary N) is 2. The Morgan fingerprint density at radius 3 is 2.38 bits per heavy atom. The van der Waals surface area contributed by atoms with Crippen LogP contribution in [0.2, 0.25) is 0 Å². The summed E-state index contributed by atoms with van der Waals surface area (Å²) >= 11 is 1.47. The predicted octanol–water partition coefficient (Wildman–Crippen LogP) is 1.59. The van der Waals surface area contributed by atoms with Crippen LogP contribution in [0.1, 0.15) is 74.7 Å². The van der Waals surface area contributed by atoms with Gasteiger partial charge in [-0.1, -0.05) is 50.2 Å². The highest BCUT2D eigenvalue weighted by Gasteiger charge is 2.36. The van der Waals surface area contributed by atoms with Crippen molar-refractivity contribution in [3.63, 3.8) is 0 Å². The van der Waals surface area contributed by atoms with Crippen molar-refractivity contribution in [3.05, 3.63) is 82.3 Å². The largest absolute Gasteiger partial charge is 0.422 e. The van der Waals surface area contributed by atoms with Gasteiger partial charge in [-0.2, -0.15) is 11.8 Å². The van der Waals surface area contributed by atoms with E-state index in [2.05, 4.69) is 31.6 Å². The van der Waals surface area contributed by atoms with E-state index in [1.807, 2.05) is 44.4 Å². The maximum atomic E-state index is 13.7. The Morgan fingerprint density at radius 2 is 1.62 bits per heavy atom. The topological polar surface area (TPSA) is 281 Å². The highest BCUT2D eigenvalue weighted by atomic mass is 32.2. The lowest BCUT2D eigenvalue weighted by Crippen LogP contribution is -2.57. The van der Waals surface area contributed by atoms with E-state index in [1.165, 1.54) is 22.7 Å². The van der Waals surface area contributed by atoms with E-state index >= 15 is 0 Å². The first kappa shape index (κ1) is 48.8. The van der Waals surface area contributed by atoms with Crippen molar-refractivity contribution < 1.29 is 38.0 Å². The number of amides is 7. The first-order valence-corrected chi connectivity index (χ1v) is 22.9. The molecule has 64 heavy (non-hydrogen) atoms. The van der Waals surface area contributed by atoms with E-state index in [4.69, 9.17) is 15.9 Å². The van der Waals surface area contributed by atoms with Crippen LogP contribution in [0.4, 0.5) is 0 Å². The van der Waals surface area contributed by atoms with Crippen molar-refractivity contribution in [2.24, 2.45) is 17.4 Å². The van der Waals surface area contributed by atoms with Crippen molar-refractivity contribution in [3.8, 4) is 0 Å². The number of aromatic nitrogens is 1. The van der Waals surface area contributed by atoms with Gasteiger partial charge in [-0.25, -0.2) is 4.79 Å². The smallest absolute Gasteiger partial charge is 0.349 e. The fourth-order valence-corrected chi connectivity index (χ4v) is 8.14. The molecular weight excluding hydrogens is 843 g/mol. The van der Waals surface area contributed by atoms with Gasteiger partial charge in [-0.05, 0) is 86.6 Å². The van der Waals surface area contributed by atoms with Crippen LogP contribution in [0.3, 0.4) is 0 Å². The van der Waals surface area contributed by atoms with Gasteiger partial charge in [0.1, 0.15) is 35.3 Å². The minimum Gasteiger partial charge on any atom is -0.422 e. The second-order valence-electron chi connectivity index (χ2n) is 16.4. The molecule has 5 rings (SSSR count). The zero-order valence-corrected chi connectivity index (χ0v) is 37.2. The number of hydrogen-bond acceptors (Lipinski definition) is 11. The number of unbranched alkanes of at least 4 members (excludes halogenated alkanes) is 1. The summed E-state index contributed by atoms with van der Waals surface area (Å²) in [6.45, 7) is 3.82. The molecule has 0 aliphatic carbocycles. The zero-order valence-electron chi connectivity index (χ0n) is 36.4. The summed E-state index contributed by atoms with van der Waals surface area (Å²) in [5.74, 6) is -3.63. The number of carbonyl (C=O) groups is 7. The normalized spacial score (nSPS) is 15.6. The number of nitrogens with one attached hydrogen (secondary N) is 6. The van der Waals surface area contributed by atoms with Crippen molar-refractivity contribution in [2.45, 2.75) is 95.4 Å². The summed E-state index contributed by atoms with van der Waals surface area (Å²) in [6.07, 6.45) is 6.39.